The molecule has 0 radical (unpaired) electrons. The lowest BCUT2D eigenvalue weighted by Gasteiger charge is -2.13. The van der Waals surface area contributed by atoms with Crippen LogP contribution in [0.4, 0.5) is 0 Å². The average molecular weight is 236 g/mol. The molecule has 1 aromatic carbocycles. The monoisotopic (exact) mass is 236 g/mol. The lowest BCUT2D eigenvalue weighted by atomic mass is 9.95. The third-order valence-electron chi connectivity index (χ3n) is 2.56. The number of rotatable bonds is 4. The lowest BCUT2D eigenvalue weighted by molar-refractivity contribution is -0.149. The molecule has 0 amide bonds. The van der Waals surface area contributed by atoms with Crippen LogP contribution in [0, 0.1) is 6.92 Å². The van der Waals surface area contributed by atoms with Crippen molar-refractivity contribution < 1.29 is 19.1 Å². The molecular formula is C13H16O4. The van der Waals surface area contributed by atoms with Crippen LogP contribution in [-0.2, 0) is 19.1 Å². The maximum absolute atomic E-state index is 11.6. The highest BCUT2D eigenvalue weighted by Gasteiger charge is 2.24. The fraction of sp³-hybridized carbons (Fsp3) is 0.385. The molecule has 0 aliphatic rings. The van der Waals surface area contributed by atoms with Gasteiger partial charge in [-0.1, -0.05) is 29.8 Å². The molecule has 92 valence electrons. The van der Waals surface area contributed by atoms with E-state index in [2.05, 4.69) is 4.74 Å². The van der Waals surface area contributed by atoms with Crippen LogP contribution in [0.15, 0.2) is 24.3 Å². The molecule has 0 aliphatic heterocycles. The highest BCUT2D eigenvalue weighted by Crippen LogP contribution is 2.22. The fourth-order valence-electron chi connectivity index (χ4n) is 1.53. The van der Waals surface area contributed by atoms with Gasteiger partial charge in [0.15, 0.2) is 0 Å². The molecule has 0 fully saturated rings. The largest absolute Gasteiger partial charge is 0.469 e. The zero-order chi connectivity index (χ0) is 12.8. The van der Waals surface area contributed by atoms with Gasteiger partial charge in [0.1, 0.15) is 0 Å². The van der Waals surface area contributed by atoms with Gasteiger partial charge in [0.2, 0.25) is 0 Å². The predicted octanol–water partition coefficient (Wildman–Crippen LogP) is 1.81. The minimum Gasteiger partial charge on any atom is -0.469 e. The van der Waals surface area contributed by atoms with Crippen molar-refractivity contribution >= 4 is 11.9 Å². The summed E-state index contributed by atoms with van der Waals surface area (Å²) < 4.78 is 9.27. The van der Waals surface area contributed by atoms with Crippen LogP contribution >= 0.6 is 0 Å². The van der Waals surface area contributed by atoms with Gasteiger partial charge < -0.3 is 9.47 Å². The number of hydrogen-bond acceptors (Lipinski definition) is 4. The van der Waals surface area contributed by atoms with Crippen LogP contribution in [0.25, 0.3) is 0 Å². The molecule has 1 rings (SSSR count). The number of aryl methyl sites for hydroxylation is 1. The summed E-state index contributed by atoms with van der Waals surface area (Å²) in [5, 5.41) is 0. The summed E-state index contributed by atoms with van der Waals surface area (Å²) in [7, 11) is 2.60. The van der Waals surface area contributed by atoms with Gasteiger partial charge in [-0.2, -0.15) is 0 Å². The zero-order valence-electron chi connectivity index (χ0n) is 10.2. The molecule has 1 aromatic rings. The Labute approximate surface area is 101 Å². The molecule has 0 aromatic heterocycles. The van der Waals surface area contributed by atoms with Crippen LogP contribution < -0.4 is 0 Å². The number of hydrogen-bond donors (Lipinski definition) is 0. The van der Waals surface area contributed by atoms with Crippen LogP contribution in [0.3, 0.4) is 0 Å². The Hall–Kier alpha value is -1.84. The van der Waals surface area contributed by atoms with Gasteiger partial charge in [0.05, 0.1) is 26.6 Å². The molecule has 0 aliphatic carbocycles. The molecule has 0 bridgehead atoms. The van der Waals surface area contributed by atoms with E-state index in [0.29, 0.717) is 0 Å². The van der Waals surface area contributed by atoms with Crippen molar-refractivity contribution in [1.29, 1.82) is 0 Å². The maximum Gasteiger partial charge on any atom is 0.313 e. The summed E-state index contributed by atoms with van der Waals surface area (Å²) in [5.74, 6) is -1.46. The first-order valence-electron chi connectivity index (χ1n) is 5.29. The predicted molar refractivity (Wildman–Crippen MR) is 62.6 cm³/mol. The van der Waals surface area contributed by atoms with E-state index in [1.807, 2.05) is 31.2 Å². The molecule has 17 heavy (non-hydrogen) atoms. The third kappa shape index (κ3) is 3.59. The average Bonchev–Trinajstić information content (AvgIpc) is 2.36. The Balaban J connectivity index is 2.93. The van der Waals surface area contributed by atoms with E-state index in [1.54, 1.807) is 0 Å². The summed E-state index contributed by atoms with van der Waals surface area (Å²) in [6.07, 6.45) is -0.00770. The second kappa shape index (κ2) is 6.03. The molecule has 0 N–H and O–H groups in total. The van der Waals surface area contributed by atoms with Gasteiger partial charge in [-0.15, -0.1) is 0 Å². The minimum absolute atomic E-state index is 0.00770. The summed E-state index contributed by atoms with van der Waals surface area (Å²) >= 11 is 0. The van der Waals surface area contributed by atoms with E-state index in [9.17, 15) is 9.59 Å². The Morgan fingerprint density at radius 1 is 1.12 bits per heavy atom. The highest BCUT2D eigenvalue weighted by atomic mass is 16.5. The van der Waals surface area contributed by atoms with Crippen molar-refractivity contribution in [2.75, 3.05) is 14.2 Å². The standard InChI is InChI=1S/C13H16O4/c1-9-4-6-10(7-5-9)11(13(15)17-3)8-12(14)16-2/h4-7,11H,8H2,1-3H3/t11-/m0/s1. The summed E-state index contributed by atoms with van der Waals surface area (Å²) in [6, 6.07) is 7.42. The Kier molecular flexibility index (Phi) is 4.69. The van der Waals surface area contributed by atoms with E-state index in [4.69, 9.17) is 4.74 Å². The van der Waals surface area contributed by atoms with Crippen LogP contribution in [-0.4, -0.2) is 26.2 Å². The number of carbonyl (C=O) groups excluding carboxylic acids is 2. The van der Waals surface area contributed by atoms with Crippen LogP contribution in [0.1, 0.15) is 23.5 Å². The van der Waals surface area contributed by atoms with Crippen molar-refractivity contribution in [3.63, 3.8) is 0 Å². The quantitative estimate of drug-likeness (QED) is 0.748. The van der Waals surface area contributed by atoms with Gasteiger partial charge in [0, 0.05) is 0 Å². The molecule has 4 nitrogen and oxygen atoms in total. The summed E-state index contributed by atoms with van der Waals surface area (Å²) in [4.78, 5) is 22.9. The molecule has 0 saturated carbocycles. The topological polar surface area (TPSA) is 52.6 Å². The number of methoxy groups -OCH3 is 2. The van der Waals surface area contributed by atoms with E-state index >= 15 is 0 Å². The first kappa shape index (κ1) is 13.2. The van der Waals surface area contributed by atoms with Gasteiger partial charge >= 0.3 is 11.9 Å². The van der Waals surface area contributed by atoms with Gasteiger partial charge in [-0.3, -0.25) is 9.59 Å². The van der Waals surface area contributed by atoms with E-state index in [1.165, 1.54) is 14.2 Å². The number of esters is 2. The van der Waals surface area contributed by atoms with Crippen LogP contribution in [0.2, 0.25) is 0 Å². The molecule has 0 spiro atoms. The van der Waals surface area contributed by atoms with Crippen molar-refractivity contribution in [3.8, 4) is 0 Å². The van der Waals surface area contributed by atoms with Crippen molar-refractivity contribution in [1.82, 2.24) is 0 Å². The first-order valence-corrected chi connectivity index (χ1v) is 5.29. The SMILES string of the molecule is COC(=O)C[C@H](C(=O)OC)c1ccc(C)cc1. The zero-order valence-corrected chi connectivity index (χ0v) is 10.2. The molecular weight excluding hydrogens is 220 g/mol. The molecule has 0 heterocycles. The second-order valence-corrected chi connectivity index (χ2v) is 3.77. The summed E-state index contributed by atoms with van der Waals surface area (Å²) in [5.41, 5.74) is 1.85. The Morgan fingerprint density at radius 2 is 1.71 bits per heavy atom. The van der Waals surface area contributed by atoms with Crippen molar-refractivity contribution in [3.05, 3.63) is 35.4 Å². The summed E-state index contributed by atoms with van der Waals surface area (Å²) in [6.45, 7) is 1.96. The Bertz CT molecular complexity index is 394. The highest BCUT2D eigenvalue weighted by molar-refractivity contribution is 5.84. The third-order valence-corrected chi connectivity index (χ3v) is 2.56. The van der Waals surface area contributed by atoms with E-state index < -0.39 is 17.9 Å². The van der Waals surface area contributed by atoms with Crippen molar-refractivity contribution in [2.24, 2.45) is 0 Å². The normalized spacial score (nSPS) is 11.7. The number of ether oxygens (including phenoxy) is 2. The number of carbonyl (C=O) groups is 2. The van der Waals surface area contributed by atoms with E-state index in [0.717, 1.165) is 11.1 Å². The maximum atomic E-state index is 11.6. The molecule has 0 saturated heterocycles. The van der Waals surface area contributed by atoms with Gasteiger partial charge in [0.25, 0.3) is 0 Å². The molecule has 1 atom stereocenters. The lowest BCUT2D eigenvalue weighted by Crippen LogP contribution is -2.18. The smallest absolute Gasteiger partial charge is 0.313 e. The van der Waals surface area contributed by atoms with Gasteiger partial charge in [-0.05, 0) is 12.5 Å². The fourth-order valence-corrected chi connectivity index (χ4v) is 1.53. The van der Waals surface area contributed by atoms with Gasteiger partial charge in [-0.25, -0.2) is 0 Å². The number of benzene rings is 1. The van der Waals surface area contributed by atoms with Crippen LogP contribution in [0.5, 0.6) is 0 Å². The second-order valence-electron chi connectivity index (χ2n) is 3.77. The minimum atomic E-state index is -0.604. The van der Waals surface area contributed by atoms with Crippen molar-refractivity contribution in [2.45, 2.75) is 19.3 Å². The van der Waals surface area contributed by atoms with E-state index in [-0.39, 0.29) is 6.42 Å². The molecule has 0 unspecified atom stereocenters. The molecule has 4 heteroatoms. The Morgan fingerprint density at radius 3 is 2.18 bits per heavy atom. The first-order chi connectivity index (χ1) is 8.08.